The minimum Gasteiger partial charge on any atom is -0.480 e. The highest BCUT2D eigenvalue weighted by Crippen LogP contribution is 2.17. The first kappa shape index (κ1) is 14.3. The highest BCUT2D eigenvalue weighted by atomic mass is 16.4. The van der Waals surface area contributed by atoms with Gasteiger partial charge in [-0.2, -0.15) is 0 Å². The van der Waals surface area contributed by atoms with Gasteiger partial charge in [-0.05, 0) is 13.0 Å². The van der Waals surface area contributed by atoms with Gasteiger partial charge < -0.3 is 15.0 Å². The van der Waals surface area contributed by atoms with Crippen molar-refractivity contribution in [1.29, 1.82) is 0 Å². The molecule has 0 saturated carbocycles. The van der Waals surface area contributed by atoms with E-state index in [2.05, 4.69) is 10.3 Å². The summed E-state index contributed by atoms with van der Waals surface area (Å²) in [6.07, 6.45) is 4.41. The van der Waals surface area contributed by atoms with Gasteiger partial charge in [0, 0.05) is 18.0 Å². The van der Waals surface area contributed by atoms with Crippen molar-refractivity contribution in [1.82, 2.24) is 14.9 Å². The maximum absolute atomic E-state index is 11.3. The topological polar surface area (TPSA) is 67.2 Å². The molecule has 0 fully saturated rings. The van der Waals surface area contributed by atoms with Crippen molar-refractivity contribution < 1.29 is 9.90 Å². The third-order valence-corrected chi connectivity index (χ3v) is 3.07. The second kappa shape index (κ2) is 6.86. The second-order valence-corrected chi connectivity index (χ2v) is 4.61. The number of benzene rings is 1. The molecule has 0 aliphatic heterocycles. The van der Waals surface area contributed by atoms with E-state index in [0.29, 0.717) is 13.1 Å². The number of aliphatic carboxylic acids is 1. The Morgan fingerprint density at radius 2 is 2.15 bits per heavy atom. The van der Waals surface area contributed by atoms with E-state index in [9.17, 15) is 9.90 Å². The molecule has 106 valence electrons. The first-order chi connectivity index (χ1) is 9.72. The Morgan fingerprint density at radius 1 is 1.40 bits per heavy atom. The molecule has 2 rings (SSSR count). The smallest absolute Gasteiger partial charge is 0.322 e. The Hall–Kier alpha value is -2.14. The van der Waals surface area contributed by atoms with E-state index in [4.69, 9.17) is 0 Å². The molecule has 0 bridgehead atoms. The normalized spacial score (nSPS) is 12.2. The zero-order valence-corrected chi connectivity index (χ0v) is 11.5. The van der Waals surface area contributed by atoms with Gasteiger partial charge in [0.15, 0.2) is 0 Å². The molecule has 0 amide bonds. The number of nitrogens with one attached hydrogen (secondary N) is 1. The molecule has 1 aromatic carbocycles. The van der Waals surface area contributed by atoms with Crippen molar-refractivity contribution in [2.75, 3.05) is 6.54 Å². The van der Waals surface area contributed by atoms with Crippen molar-refractivity contribution in [2.45, 2.75) is 25.9 Å². The maximum Gasteiger partial charge on any atom is 0.322 e. The van der Waals surface area contributed by atoms with E-state index in [0.717, 1.165) is 17.8 Å². The lowest BCUT2D eigenvalue weighted by molar-refractivity contribution is -0.139. The van der Waals surface area contributed by atoms with E-state index in [1.54, 1.807) is 6.20 Å². The SMILES string of the molecule is CCCNC(Cn1ccnc1-c1ccccc1)C(=O)O. The summed E-state index contributed by atoms with van der Waals surface area (Å²) < 4.78 is 1.87. The van der Waals surface area contributed by atoms with Crippen LogP contribution in [0.15, 0.2) is 42.7 Å². The molecule has 0 radical (unpaired) electrons. The molecule has 0 saturated heterocycles. The Labute approximate surface area is 118 Å². The van der Waals surface area contributed by atoms with Gasteiger partial charge >= 0.3 is 5.97 Å². The number of imidazole rings is 1. The standard InChI is InChI=1S/C15H19N3O2/c1-2-8-16-13(15(19)20)11-18-10-9-17-14(18)12-6-4-3-5-7-12/h3-7,9-10,13,16H,2,8,11H2,1H3,(H,19,20). The fourth-order valence-electron chi connectivity index (χ4n) is 2.05. The predicted octanol–water partition coefficient (Wildman–Crippen LogP) is 2.00. The minimum atomic E-state index is -0.842. The van der Waals surface area contributed by atoms with Crippen LogP contribution in [0.4, 0.5) is 0 Å². The van der Waals surface area contributed by atoms with Gasteiger partial charge in [0.05, 0.1) is 6.54 Å². The largest absolute Gasteiger partial charge is 0.480 e. The molecule has 20 heavy (non-hydrogen) atoms. The lowest BCUT2D eigenvalue weighted by atomic mass is 10.2. The second-order valence-electron chi connectivity index (χ2n) is 4.61. The molecule has 1 unspecified atom stereocenters. The quantitative estimate of drug-likeness (QED) is 0.809. The Morgan fingerprint density at radius 3 is 2.80 bits per heavy atom. The number of hydrogen-bond donors (Lipinski definition) is 2. The van der Waals surface area contributed by atoms with E-state index in [1.807, 2.05) is 48.0 Å². The van der Waals surface area contributed by atoms with E-state index in [-0.39, 0.29) is 0 Å². The molecule has 0 aliphatic rings. The average Bonchev–Trinajstić information content (AvgIpc) is 2.92. The van der Waals surface area contributed by atoms with Gasteiger partial charge in [-0.1, -0.05) is 37.3 Å². The summed E-state index contributed by atoms with van der Waals surface area (Å²) in [4.78, 5) is 15.6. The molecule has 2 aromatic rings. The number of aromatic nitrogens is 2. The van der Waals surface area contributed by atoms with Crippen LogP contribution in [0.1, 0.15) is 13.3 Å². The first-order valence-corrected chi connectivity index (χ1v) is 6.75. The summed E-state index contributed by atoms with van der Waals surface area (Å²) in [6.45, 7) is 3.06. The van der Waals surface area contributed by atoms with Crippen molar-refractivity contribution in [3.8, 4) is 11.4 Å². The lowest BCUT2D eigenvalue weighted by Crippen LogP contribution is -2.40. The van der Waals surface area contributed by atoms with Crippen LogP contribution in [0.5, 0.6) is 0 Å². The molecule has 1 aromatic heterocycles. The monoisotopic (exact) mass is 273 g/mol. The van der Waals surface area contributed by atoms with E-state index >= 15 is 0 Å². The van der Waals surface area contributed by atoms with E-state index < -0.39 is 12.0 Å². The summed E-state index contributed by atoms with van der Waals surface area (Å²) >= 11 is 0. The van der Waals surface area contributed by atoms with Crippen LogP contribution >= 0.6 is 0 Å². The van der Waals surface area contributed by atoms with Crippen molar-refractivity contribution in [3.05, 3.63) is 42.7 Å². The van der Waals surface area contributed by atoms with Gasteiger partial charge in [0.2, 0.25) is 0 Å². The lowest BCUT2D eigenvalue weighted by Gasteiger charge is -2.16. The molecular formula is C15H19N3O2. The maximum atomic E-state index is 11.3. The number of carboxylic acids is 1. The Kier molecular flexibility index (Phi) is 4.90. The van der Waals surface area contributed by atoms with Crippen LogP contribution in [0.3, 0.4) is 0 Å². The van der Waals surface area contributed by atoms with Crippen LogP contribution in [0.25, 0.3) is 11.4 Å². The summed E-state index contributed by atoms with van der Waals surface area (Å²) in [5.74, 6) is -0.0543. The number of carbonyl (C=O) groups is 1. The summed E-state index contributed by atoms with van der Waals surface area (Å²) in [7, 11) is 0. The molecule has 1 atom stereocenters. The Balaban J connectivity index is 2.17. The molecule has 2 N–H and O–H groups in total. The van der Waals surface area contributed by atoms with Crippen LogP contribution < -0.4 is 5.32 Å². The molecular weight excluding hydrogens is 254 g/mol. The minimum absolute atomic E-state index is 0.361. The molecule has 5 heteroatoms. The van der Waals surface area contributed by atoms with Gasteiger partial charge in [0.25, 0.3) is 0 Å². The van der Waals surface area contributed by atoms with Crippen LogP contribution in [-0.4, -0.2) is 33.2 Å². The van der Waals surface area contributed by atoms with E-state index in [1.165, 1.54) is 0 Å². The first-order valence-electron chi connectivity index (χ1n) is 6.75. The van der Waals surface area contributed by atoms with Gasteiger partial charge in [0.1, 0.15) is 11.9 Å². The third kappa shape index (κ3) is 3.45. The molecule has 0 aliphatic carbocycles. The van der Waals surface area contributed by atoms with Gasteiger partial charge in [-0.25, -0.2) is 4.98 Å². The van der Waals surface area contributed by atoms with Crippen molar-refractivity contribution in [2.24, 2.45) is 0 Å². The third-order valence-electron chi connectivity index (χ3n) is 3.07. The fraction of sp³-hybridized carbons (Fsp3) is 0.333. The van der Waals surface area contributed by atoms with Gasteiger partial charge in [-0.3, -0.25) is 4.79 Å². The number of nitrogens with zero attached hydrogens (tertiary/aromatic N) is 2. The number of hydrogen-bond acceptors (Lipinski definition) is 3. The van der Waals surface area contributed by atoms with Crippen molar-refractivity contribution in [3.63, 3.8) is 0 Å². The van der Waals surface area contributed by atoms with Crippen molar-refractivity contribution >= 4 is 5.97 Å². The Bertz CT molecular complexity index is 551. The summed E-state index contributed by atoms with van der Waals surface area (Å²) in [5.41, 5.74) is 0.983. The van der Waals surface area contributed by atoms with Crippen LogP contribution in [0, 0.1) is 0 Å². The average molecular weight is 273 g/mol. The number of rotatable bonds is 7. The summed E-state index contributed by atoms with van der Waals surface area (Å²) in [6, 6.07) is 9.16. The molecule has 5 nitrogen and oxygen atoms in total. The zero-order valence-electron chi connectivity index (χ0n) is 11.5. The van der Waals surface area contributed by atoms with Crippen LogP contribution in [0.2, 0.25) is 0 Å². The molecule has 0 spiro atoms. The highest BCUT2D eigenvalue weighted by Gasteiger charge is 2.18. The molecule has 1 heterocycles. The van der Waals surface area contributed by atoms with Gasteiger partial charge in [-0.15, -0.1) is 0 Å². The fourth-order valence-corrected chi connectivity index (χ4v) is 2.05. The van der Waals surface area contributed by atoms with Crippen LogP contribution in [-0.2, 0) is 11.3 Å². The number of carboxylic acid groups (broad SMARTS) is 1. The zero-order chi connectivity index (χ0) is 14.4. The highest BCUT2D eigenvalue weighted by molar-refractivity contribution is 5.73. The predicted molar refractivity (Wildman–Crippen MR) is 77.4 cm³/mol. The summed E-state index contributed by atoms with van der Waals surface area (Å²) in [5, 5.41) is 12.3.